The topological polar surface area (TPSA) is 12.0 Å². The minimum Gasteiger partial charge on any atom is -0.385 e. The van der Waals surface area contributed by atoms with Gasteiger partial charge >= 0.3 is 0 Å². The van der Waals surface area contributed by atoms with Gasteiger partial charge in [-0.3, -0.25) is 0 Å². The number of thioether (sulfide) groups is 1. The molecule has 0 aliphatic carbocycles. The number of unbranched alkanes of at least 4 members (excludes halogenated alkanes) is 1. The van der Waals surface area contributed by atoms with Crippen LogP contribution in [0.5, 0.6) is 0 Å². The Bertz CT molecular complexity index is 260. The monoisotopic (exact) mass is 209 g/mol. The molecule has 1 aromatic rings. The Morgan fingerprint density at radius 3 is 2.71 bits per heavy atom. The van der Waals surface area contributed by atoms with Crippen molar-refractivity contribution < 1.29 is 0 Å². The first-order chi connectivity index (χ1) is 6.84. The summed E-state index contributed by atoms with van der Waals surface area (Å²) in [6, 6.07) is 8.44. The average Bonchev–Trinajstić information content (AvgIpc) is 2.20. The van der Waals surface area contributed by atoms with Gasteiger partial charge in [-0.1, -0.05) is 18.2 Å². The highest BCUT2D eigenvalue weighted by Crippen LogP contribution is 2.13. The summed E-state index contributed by atoms with van der Waals surface area (Å²) in [5.74, 6) is 1.27. The Hall–Kier alpha value is -0.630. The molecule has 0 atom stereocenters. The molecule has 1 aromatic carbocycles. The molecule has 0 saturated carbocycles. The molecule has 1 N–H and O–H groups in total. The number of anilines is 1. The van der Waals surface area contributed by atoms with Gasteiger partial charge in [-0.25, -0.2) is 0 Å². The first-order valence-corrected chi connectivity index (χ1v) is 6.52. The first kappa shape index (κ1) is 11.4. The van der Waals surface area contributed by atoms with Gasteiger partial charge in [0, 0.05) is 12.2 Å². The van der Waals surface area contributed by atoms with Crippen LogP contribution in [0.25, 0.3) is 0 Å². The normalized spacial score (nSPS) is 10.1. The zero-order chi connectivity index (χ0) is 10.2. The summed E-state index contributed by atoms with van der Waals surface area (Å²) in [5, 5.41) is 3.46. The Morgan fingerprint density at radius 2 is 2.00 bits per heavy atom. The molecule has 2 heteroatoms. The van der Waals surface area contributed by atoms with Crippen LogP contribution in [0, 0.1) is 6.92 Å². The summed E-state index contributed by atoms with van der Waals surface area (Å²) in [5.41, 5.74) is 2.61. The SMILES string of the molecule is CSCCCCNc1ccccc1C. The van der Waals surface area contributed by atoms with Crippen molar-refractivity contribution in [1.29, 1.82) is 0 Å². The molecule has 0 saturated heterocycles. The van der Waals surface area contributed by atoms with Crippen LogP contribution in [0.4, 0.5) is 5.69 Å². The van der Waals surface area contributed by atoms with Gasteiger partial charge in [0.2, 0.25) is 0 Å². The molecular weight excluding hydrogens is 190 g/mol. The maximum atomic E-state index is 3.46. The third-order valence-corrected chi connectivity index (χ3v) is 2.93. The highest BCUT2D eigenvalue weighted by atomic mass is 32.2. The molecule has 1 rings (SSSR count). The summed E-state index contributed by atoms with van der Waals surface area (Å²) in [4.78, 5) is 0. The third kappa shape index (κ3) is 4.05. The van der Waals surface area contributed by atoms with Crippen LogP contribution in [0.1, 0.15) is 18.4 Å². The van der Waals surface area contributed by atoms with Crippen LogP contribution in [0.15, 0.2) is 24.3 Å². The average molecular weight is 209 g/mol. The minimum atomic E-state index is 1.09. The van der Waals surface area contributed by atoms with Gasteiger partial charge in [0.15, 0.2) is 0 Å². The number of rotatable bonds is 6. The van der Waals surface area contributed by atoms with Crippen LogP contribution in [0.3, 0.4) is 0 Å². The second kappa shape index (κ2) is 6.77. The second-order valence-electron chi connectivity index (χ2n) is 3.44. The Balaban J connectivity index is 2.21. The van der Waals surface area contributed by atoms with Gasteiger partial charge in [0.25, 0.3) is 0 Å². The number of hydrogen-bond acceptors (Lipinski definition) is 2. The summed E-state index contributed by atoms with van der Waals surface area (Å²) in [6.45, 7) is 3.23. The van der Waals surface area contributed by atoms with Crippen molar-refractivity contribution in [3.63, 3.8) is 0 Å². The second-order valence-corrected chi connectivity index (χ2v) is 4.43. The van der Waals surface area contributed by atoms with Gasteiger partial charge in [-0.2, -0.15) is 11.8 Å². The standard InChI is InChI=1S/C12H19NS/c1-11-7-3-4-8-12(11)13-9-5-6-10-14-2/h3-4,7-8,13H,5-6,9-10H2,1-2H3. The largest absolute Gasteiger partial charge is 0.385 e. The molecule has 0 spiro atoms. The van der Waals surface area contributed by atoms with Gasteiger partial charge in [0.1, 0.15) is 0 Å². The summed E-state index contributed by atoms with van der Waals surface area (Å²) in [6.07, 6.45) is 4.73. The van der Waals surface area contributed by atoms with E-state index in [1.807, 2.05) is 11.8 Å². The van der Waals surface area contributed by atoms with E-state index in [9.17, 15) is 0 Å². The highest BCUT2D eigenvalue weighted by molar-refractivity contribution is 7.98. The zero-order valence-corrected chi connectivity index (χ0v) is 9.86. The van der Waals surface area contributed by atoms with Crippen LogP contribution in [-0.4, -0.2) is 18.6 Å². The van der Waals surface area contributed by atoms with Crippen molar-refractivity contribution in [2.45, 2.75) is 19.8 Å². The van der Waals surface area contributed by atoms with Crippen molar-refractivity contribution >= 4 is 17.4 Å². The fourth-order valence-corrected chi connectivity index (χ4v) is 1.86. The fourth-order valence-electron chi connectivity index (χ4n) is 1.37. The lowest BCUT2D eigenvalue weighted by Crippen LogP contribution is -2.02. The molecular formula is C12H19NS. The minimum absolute atomic E-state index is 1.09. The van der Waals surface area contributed by atoms with Crippen molar-refractivity contribution in [3.8, 4) is 0 Å². The molecule has 14 heavy (non-hydrogen) atoms. The number of para-hydroxylation sites is 1. The molecule has 0 aromatic heterocycles. The molecule has 0 heterocycles. The quantitative estimate of drug-likeness (QED) is 0.719. The molecule has 0 fully saturated rings. The van der Waals surface area contributed by atoms with Crippen molar-refractivity contribution in [3.05, 3.63) is 29.8 Å². The first-order valence-electron chi connectivity index (χ1n) is 5.13. The van der Waals surface area contributed by atoms with E-state index in [-0.39, 0.29) is 0 Å². The molecule has 0 unspecified atom stereocenters. The van der Waals surface area contributed by atoms with E-state index < -0.39 is 0 Å². The molecule has 0 aliphatic heterocycles. The van der Waals surface area contributed by atoms with E-state index in [1.54, 1.807) is 0 Å². The lowest BCUT2D eigenvalue weighted by atomic mass is 10.2. The van der Waals surface area contributed by atoms with E-state index in [2.05, 4.69) is 42.8 Å². The predicted octanol–water partition coefficient (Wildman–Crippen LogP) is 3.55. The Kier molecular flexibility index (Phi) is 5.53. The smallest absolute Gasteiger partial charge is 0.0369 e. The zero-order valence-electron chi connectivity index (χ0n) is 9.05. The van der Waals surface area contributed by atoms with Crippen molar-refractivity contribution in [1.82, 2.24) is 0 Å². The van der Waals surface area contributed by atoms with Crippen LogP contribution >= 0.6 is 11.8 Å². The fraction of sp³-hybridized carbons (Fsp3) is 0.500. The lowest BCUT2D eigenvalue weighted by molar-refractivity contribution is 0.842. The third-order valence-electron chi connectivity index (χ3n) is 2.24. The van der Waals surface area contributed by atoms with Crippen molar-refractivity contribution in [2.24, 2.45) is 0 Å². The highest BCUT2D eigenvalue weighted by Gasteiger charge is 1.94. The number of benzene rings is 1. The van der Waals surface area contributed by atoms with Gasteiger partial charge in [-0.15, -0.1) is 0 Å². The maximum absolute atomic E-state index is 3.46. The van der Waals surface area contributed by atoms with Crippen LogP contribution in [-0.2, 0) is 0 Å². The van der Waals surface area contributed by atoms with Gasteiger partial charge in [0.05, 0.1) is 0 Å². The molecule has 78 valence electrons. The summed E-state index contributed by atoms with van der Waals surface area (Å²) < 4.78 is 0. The van der Waals surface area contributed by atoms with E-state index in [0.717, 1.165) is 6.54 Å². The Morgan fingerprint density at radius 1 is 1.21 bits per heavy atom. The number of aryl methyl sites for hydroxylation is 1. The van der Waals surface area contributed by atoms with Gasteiger partial charge in [-0.05, 0) is 43.4 Å². The molecule has 0 aliphatic rings. The summed E-state index contributed by atoms with van der Waals surface area (Å²) in [7, 11) is 0. The Labute approximate surface area is 91.3 Å². The number of nitrogens with one attached hydrogen (secondary N) is 1. The molecule has 0 bridgehead atoms. The maximum Gasteiger partial charge on any atom is 0.0369 e. The predicted molar refractivity (Wildman–Crippen MR) is 67.3 cm³/mol. The molecule has 0 radical (unpaired) electrons. The summed E-state index contributed by atoms with van der Waals surface area (Å²) >= 11 is 1.92. The van der Waals surface area contributed by atoms with Crippen LogP contribution < -0.4 is 5.32 Å². The van der Waals surface area contributed by atoms with E-state index >= 15 is 0 Å². The van der Waals surface area contributed by atoms with Crippen LogP contribution in [0.2, 0.25) is 0 Å². The van der Waals surface area contributed by atoms with E-state index in [4.69, 9.17) is 0 Å². The van der Waals surface area contributed by atoms with E-state index in [1.165, 1.54) is 29.8 Å². The van der Waals surface area contributed by atoms with Gasteiger partial charge < -0.3 is 5.32 Å². The van der Waals surface area contributed by atoms with E-state index in [0.29, 0.717) is 0 Å². The molecule has 0 amide bonds. The lowest BCUT2D eigenvalue weighted by Gasteiger charge is -2.08. The van der Waals surface area contributed by atoms with Crippen molar-refractivity contribution in [2.75, 3.05) is 23.9 Å². The molecule has 1 nitrogen and oxygen atoms in total. The number of hydrogen-bond donors (Lipinski definition) is 1.